The van der Waals surface area contributed by atoms with E-state index in [9.17, 15) is 4.79 Å². The van der Waals surface area contributed by atoms with Crippen LogP contribution in [0.5, 0.6) is 0 Å². The van der Waals surface area contributed by atoms with Gasteiger partial charge >= 0.3 is 0 Å². The Morgan fingerprint density at radius 3 is 2.35 bits per heavy atom. The highest BCUT2D eigenvalue weighted by molar-refractivity contribution is 6.79. The summed E-state index contributed by atoms with van der Waals surface area (Å²) in [6.07, 6.45) is -0.595. The minimum absolute atomic E-state index is 0.140. The first-order valence-electron chi connectivity index (χ1n) is 7.21. The van der Waals surface area contributed by atoms with Gasteiger partial charge in [-0.3, -0.25) is 4.79 Å². The van der Waals surface area contributed by atoms with E-state index < -0.39 is 25.8 Å². The van der Waals surface area contributed by atoms with Crippen molar-refractivity contribution in [3.63, 3.8) is 0 Å². The van der Waals surface area contributed by atoms with E-state index in [1.54, 1.807) is 7.11 Å². The fraction of sp³-hybridized carbons (Fsp3) is 0.929. The van der Waals surface area contributed by atoms with Crippen molar-refractivity contribution < 1.29 is 23.7 Å². The van der Waals surface area contributed by atoms with Gasteiger partial charge in [-0.1, -0.05) is 19.6 Å². The van der Waals surface area contributed by atoms with Crippen molar-refractivity contribution >= 4 is 13.9 Å². The molecule has 0 aromatic heterocycles. The molecule has 0 radical (unpaired) electrons. The van der Waals surface area contributed by atoms with E-state index >= 15 is 0 Å². The molecular weight excluding hydrogens is 276 g/mol. The summed E-state index contributed by atoms with van der Waals surface area (Å²) >= 11 is 0. The van der Waals surface area contributed by atoms with E-state index in [0.29, 0.717) is 6.42 Å². The Labute approximate surface area is 120 Å². The summed E-state index contributed by atoms with van der Waals surface area (Å²) in [5.41, 5.74) is -0.587. The molecule has 0 bridgehead atoms. The van der Waals surface area contributed by atoms with Gasteiger partial charge in [-0.2, -0.15) is 0 Å². The van der Waals surface area contributed by atoms with Gasteiger partial charge < -0.3 is 18.9 Å². The largest absolute Gasteiger partial charge is 0.353 e. The Bertz CT molecular complexity index is 443. The smallest absolute Gasteiger partial charge is 0.187 e. The van der Waals surface area contributed by atoms with Crippen molar-refractivity contribution in [2.45, 2.75) is 75.3 Å². The summed E-state index contributed by atoms with van der Waals surface area (Å²) < 4.78 is 23.4. The van der Waals surface area contributed by atoms with Gasteiger partial charge in [0.1, 0.15) is 12.2 Å². The van der Waals surface area contributed by atoms with Gasteiger partial charge in [0.05, 0.1) is 8.07 Å². The molecule has 0 aromatic rings. The minimum atomic E-state index is -1.54. The minimum Gasteiger partial charge on any atom is -0.353 e. The van der Waals surface area contributed by atoms with Crippen LogP contribution < -0.4 is 0 Å². The maximum atomic E-state index is 12.4. The van der Waals surface area contributed by atoms with Crippen LogP contribution in [0.4, 0.5) is 0 Å². The standard InChI is InChI=1S/C14H24O5Si/c1-13(2)17-10-11(18-13)14(19-12(10)16-3)8(15)7-9(14)20(4,5)6/h9-12H,7H2,1-6H3/t9?,10?,11-,12?,14+/m1/s1. The van der Waals surface area contributed by atoms with Gasteiger partial charge in [0.2, 0.25) is 0 Å². The molecule has 0 N–H and O–H groups in total. The van der Waals surface area contributed by atoms with Crippen LogP contribution in [0.25, 0.3) is 0 Å². The van der Waals surface area contributed by atoms with E-state index in [0.717, 1.165) is 0 Å². The topological polar surface area (TPSA) is 54.0 Å². The highest BCUT2D eigenvalue weighted by Gasteiger charge is 2.74. The lowest BCUT2D eigenvalue weighted by Gasteiger charge is -2.52. The Balaban J connectivity index is 1.99. The summed E-state index contributed by atoms with van der Waals surface area (Å²) in [5, 5.41) is 0. The lowest BCUT2D eigenvalue weighted by molar-refractivity contribution is -0.255. The SMILES string of the molecule is COC1O[C@]2(C(=O)CC2[Si](C)(C)C)[C@@H]2OC(C)(C)OC12. The van der Waals surface area contributed by atoms with Gasteiger partial charge in [0.25, 0.3) is 0 Å². The van der Waals surface area contributed by atoms with E-state index in [-0.39, 0.29) is 23.5 Å². The molecule has 3 aliphatic rings. The molecule has 1 aliphatic carbocycles. The Morgan fingerprint density at radius 2 is 1.85 bits per heavy atom. The van der Waals surface area contributed by atoms with Crippen molar-refractivity contribution in [1.82, 2.24) is 0 Å². The van der Waals surface area contributed by atoms with Gasteiger partial charge in [-0.25, -0.2) is 0 Å². The number of ketones is 1. The molecule has 1 spiro atoms. The maximum absolute atomic E-state index is 12.4. The van der Waals surface area contributed by atoms with Gasteiger partial charge in [0, 0.05) is 13.5 Å². The quantitative estimate of drug-likeness (QED) is 0.729. The molecule has 2 heterocycles. The molecule has 3 rings (SSSR count). The van der Waals surface area contributed by atoms with E-state index in [1.165, 1.54) is 0 Å². The number of fused-ring (bicyclic) bond motifs is 2. The molecule has 5 atom stereocenters. The molecule has 2 saturated heterocycles. The molecule has 2 aliphatic heterocycles. The lowest BCUT2D eigenvalue weighted by atomic mass is 9.73. The van der Waals surface area contributed by atoms with Crippen LogP contribution in [-0.4, -0.2) is 50.9 Å². The number of hydrogen-bond acceptors (Lipinski definition) is 5. The number of methoxy groups -OCH3 is 1. The fourth-order valence-electron chi connectivity index (χ4n) is 3.84. The number of carbonyl (C=O) groups excluding carboxylic acids is 1. The monoisotopic (exact) mass is 300 g/mol. The second-order valence-electron chi connectivity index (χ2n) is 7.58. The normalized spacial score (nSPS) is 46.6. The predicted molar refractivity (Wildman–Crippen MR) is 75.2 cm³/mol. The maximum Gasteiger partial charge on any atom is 0.187 e. The van der Waals surface area contributed by atoms with Crippen molar-refractivity contribution in [3.05, 3.63) is 0 Å². The summed E-state index contributed by atoms with van der Waals surface area (Å²) in [7, 11) is 0.0469. The van der Waals surface area contributed by atoms with E-state index in [1.807, 2.05) is 13.8 Å². The molecule has 5 nitrogen and oxygen atoms in total. The Morgan fingerprint density at radius 1 is 1.20 bits per heavy atom. The fourth-order valence-corrected chi connectivity index (χ4v) is 6.32. The molecule has 1 saturated carbocycles. The highest BCUT2D eigenvalue weighted by Crippen LogP contribution is 2.59. The highest BCUT2D eigenvalue weighted by atomic mass is 28.3. The second kappa shape index (κ2) is 4.13. The first-order chi connectivity index (χ1) is 9.12. The zero-order valence-electron chi connectivity index (χ0n) is 13.1. The van der Waals surface area contributed by atoms with Crippen molar-refractivity contribution in [2.75, 3.05) is 7.11 Å². The zero-order valence-corrected chi connectivity index (χ0v) is 14.1. The third-order valence-electron chi connectivity index (χ3n) is 4.75. The molecular formula is C14H24O5Si. The lowest BCUT2D eigenvalue weighted by Crippen LogP contribution is -2.66. The molecule has 3 fully saturated rings. The summed E-state index contributed by atoms with van der Waals surface area (Å²) in [5.74, 6) is -0.552. The van der Waals surface area contributed by atoms with Crippen LogP contribution in [0.15, 0.2) is 0 Å². The number of rotatable bonds is 2. The number of carbonyl (C=O) groups is 1. The van der Waals surface area contributed by atoms with Crippen LogP contribution in [0.1, 0.15) is 20.3 Å². The zero-order chi connectivity index (χ0) is 14.9. The molecule has 3 unspecified atom stereocenters. The second-order valence-corrected chi connectivity index (χ2v) is 13.0. The first kappa shape index (κ1) is 14.7. The molecule has 6 heteroatoms. The number of hydrogen-bond donors (Lipinski definition) is 0. The van der Waals surface area contributed by atoms with Crippen molar-refractivity contribution in [3.8, 4) is 0 Å². The van der Waals surface area contributed by atoms with Crippen LogP contribution in [0.3, 0.4) is 0 Å². The molecule has 0 aromatic carbocycles. The van der Waals surface area contributed by atoms with Crippen molar-refractivity contribution in [1.29, 1.82) is 0 Å². The average Bonchev–Trinajstić information content (AvgIpc) is 2.76. The Hall–Kier alpha value is -0.273. The number of Topliss-reactive ketones (excluding diaryl/α,β-unsaturated/α-hetero) is 1. The van der Waals surface area contributed by atoms with Gasteiger partial charge in [0.15, 0.2) is 23.5 Å². The Kier molecular flexibility index (Phi) is 3.03. The average molecular weight is 300 g/mol. The van der Waals surface area contributed by atoms with Crippen LogP contribution in [-0.2, 0) is 23.7 Å². The summed E-state index contributed by atoms with van der Waals surface area (Å²) in [6, 6.07) is 0. The number of ether oxygens (including phenoxy) is 4. The third kappa shape index (κ3) is 1.78. The molecule has 20 heavy (non-hydrogen) atoms. The van der Waals surface area contributed by atoms with Crippen LogP contribution in [0, 0.1) is 0 Å². The van der Waals surface area contributed by atoms with E-state index in [2.05, 4.69) is 19.6 Å². The van der Waals surface area contributed by atoms with Gasteiger partial charge in [-0.15, -0.1) is 0 Å². The third-order valence-corrected chi connectivity index (χ3v) is 7.48. The summed E-state index contributed by atoms with van der Waals surface area (Å²) in [4.78, 5) is 12.4. The molecule has 114 valence electrons. The van der Waals surface area contributed by atoms with Gasteiger partial charge in [-0.05, 0) is 19.4 Å². The predicted octanol–water partition coefficient (Wildman–Crippen LogP) is 1.93. The first-order valence-corrected chi connectivity index (χ1v) is 10.8. The van der Waals surface area contributed by atoms with Crippen LogP contribution >= 0.6 is 0 Å². The molecule has 0 amide bonds. The summed E-state index contributed by atoms with van der Waals surface area (Å²) in [6.45, 7) is 10.6. The van der Waals surface area contributed by atoms with Crippen molar-refractivity contribution in [2.24, 2.45) is 0 Å². The van der Waals surface area contributed by atoms with E-state index in [4.69, 9.17) is 18.9 Å². The van der Waals surface area contributed by atoms with Crippen LogP contribution in [0.2, 0.25) is 25.2 Å².